The minimum absolute atomic E-state index is 0.00114. The first-order valence-electron chi connectivity index (χ1n) is 43.9. The van der Waals surface area contributed by atoms with E-state index < -0.39 is 45.3 Å². The van der Waals surface area contributed by atoms with Gasteiger partial charge in [-0.25, -0.2) is 31.2 Å². The maximum atomic E-state index is 14.2. The fourth-order valence-electron chi connectivity index (χ4n) is 17.8. The zero-order chi connectivity index (χ0) is 103. The van der Waals surface area contributed by atoms with E-state index >= 15 is 0 Å². The third-order valence-electron chi connectivity index (χ3n) is 24.0. The van der Waals surface area contributed by atoms with Crippen LogP contribution in [0.4, 0.5) is 53.0 Å². The maximum absolute atomic E-state index is 14.2. The molecular formula is C100H81ClF3N13O28S. The Morgan fingerprint density at radius 1 is 0.432 bits per heavy atom. The number of amides is 1. The van der Waals surface area contributed by atoms with E-state index in [-0.39, 0.29) is 178 Å². The number of aromatic nitrogens is 5. The van der Waals surface area contributed by atoms with Crippen molar-refractivity contribution in [3.05, 3.63) is 306 Å². The Kier molecular flexibility index (Phi) is 29.4. The first-order chi connectivity index (χ1) is 70.4. The van der Waals surface area contributed by atoms with Crippen LogP contribution < -0.4 is 33.7 Å². The number of halogens is 4. The predicted octanol–water partition coefficient (Wildman–Crippen LogP) is 19.7. The molecule has 0 aliphatic carbocycles. The van der Waals surface area contributed by atoms with Crippen LogP contribution in [0.1, 0.15) is 93.0 Å². The van der Waals surface area contributed by atoms with E-state index in [1.807, 2.05) is 44.2 Å². The number of anilines is 2. The van der Waals surface area contributed by atoms with Gasteiger partial charge >= 0.3 is 11.9 Å². The fraction of sp³-hybridized carbons (Fsp3) is 0.200. The molecule has 0 fully saturated rings. The standard InChI is InChI=1S/C23H17ClFN3O6S.C20H18FN3O6.C20H18N2O6.C19H16N2O6.C18H12FN3O4/c24-15-1-4-18(5-2-15)35(31,32)27-17-3-6-19-20(9-17)28(23(29)21(19)26-30)10-13-7-16(25)8-14-11-33-12-34-22(13)14;1-28-9-17(25)22-14-2-3-15-16(6-14)24(20(26)18(15)23-27)7-11-4-13(21)5-12-8-29-10-30-19(11)12;1-11-5-13(18-14(6-11)9-27-10-28-18)8-22-16-7-12(20(24)26-2)3-4-15(16)17(21-25)19(22)23;1-10-4-12(17-13(5-10)8-26-9-27-17)7-21-15-6-11(19(23)24)2-3-14(15)16(20-25)18(21)22;19-13-4-11(17-12(5-13)8-25-9-26-17)7-22-14-3-1-2-10(6-20)15(14)16(21-24)18(22)23/h1-9,27,29H,10-12H2;2-6,26H,7-10H2,1H3,(H,22,25);3-7,23H,8-10H2,1-2H3;2-6,22H,7-9H2,1H3,(H,23,24);1-5,23H,7-9H2. The normalized spacial score (nSPS) is 13.1. The summed E-state index contributed by atoms with van der Waals surface area (Å²) < 4.78 is 141. The number of ether oxygens (including phenoxy) is 12. The first kappa shape index (κ1) is 100. The molecule has 1 amide bonds. The number of nitroso groups, excluding NO2 is 5. The summed E-state index contributed by atoms with van der Waals surface area (Å²) in [6.07, 6.45) is 0. The number of aromatic carboxylic acids is 1. The fourth-order valence-corrected chi connectivity index (χ4v) is 19.0. The second-order valence-electron chi connectivity index (χ2n) is 33.4. The molecule has 0 saturated carbocycles. The number of fused-ring (bicyclic) bond motifs is 10. The van der Waals surface area contributed by atoms with Gasteiger partial charge in [0.05, 0.1) is 139 Å². The number of hydrogen-bond acceptors (Lipinski definition) is 33. The lowest BCUT2D eigenvalue weighted by molar-refractivity contribution is -0.119. The molecule has 0 radical (unpaired) electrons. The number of carbonyl (C=O) groups excluding carboxylic acids is 2. The Hall–Kier alpha value is -17.4. The molecule has 5 aliphatic heterocycles. The lowest BCUT2D eigenvalue weighted by atomic mass is 10.0. The largest absolute Gasteiger partial charge is 0.493 e. The average Bonchev–Trinajstić information content (AvgIpc) is 1.61. The van der Waals surface area contributed by atoms with Crippen molar-refractivity contribution in [2.75, 3.05) is 64.8 Å². The zero-order valence-corrected chi connectivity index (χ0v) is 78.6. The number of hydrogen-bond donors (Lipinski definition) is 8. The minimum atomic E-state index is -3.95. The van der Waals surface area contributed by atoms with Gasteiger partial charge in [-0.05, 0) is 185 Å². The maximum Gasteiger partial charge on any atom is 0.337 e. The van der Waals surface area contributed by atoms with Crippen molar-refractivity contribution in [2.45, 2.75) is 84.5 Å². The molecule has 748 valence electrons. The number of nitriles is 1. The minimum Gasteiger partial charge on any atom is -0.493 e. The van der Waals surface area contributed by atoms with Crippen LogP contribution in [0.3, 0.4) is 0 Å². The second-order valence-corrected chi connectivity index (χ2v) is 35.5. The number of benzene rings is 11. The van der Waals surface area contributed by atoms with E-state index in [0.717, 1.165) is 33.4 Å². The lowest BCUT2D eigenvalue weighted by Gasteiger charge is -2.22. The summed E-state index contributed by atoms with van der Waals surface area (Å²) in [5.74, 6) is -2.48. The molecule has 0 spiro atoms. The summed E-state index contributed by atoms with van der Waals surface area (Å²) in [6, 6.07) is 46.1. The van der Waals surface area contributed by atoms with Crippen LogP contribution in [-0.4, -0.2) is 135 Å². The van der Waals surface area contributed by atoms with Crippen LogP contribution in [0.25, 0.3) is 54.5 Å². The van der Waals surface area contributed by atoms with E-state index in [4.69, 9.17) is 68.4 Å². The summed E-state index contributed by atoms with van der Waals surface area (Å²) in [5, 5.41) is 91.0. The van der Waals surface area contributed by atoms with E-state index in [2.05, 4.69) is 35.9 Å². The van der Waals surface area contributed by atoms with Gasteiger partial charge < -0.3 is 116 Å². The predicted molar refractivity (Wildman–Crippen MR) is 520 cm³/mol. The third kappa shape index (κ3) is 20.3. The van der Waals surface area contributed by atoms with Crippen molar-refractivity contribution in [2.24, 2.45) is 25.9 Å². The number of methoxy groups -OCH3 is 2. The van der Waals surface area contributed by atoms with E-state index in [1.54, 1.807) is 42.5 Å². The number of aryl methyl sites for hydroxylation is 2. The molecule has 46 heteroatoms. The monoisotopic (exact) mass is 2040 g/mol. The van der Waals surface area contributed by atoms with Crippen LogP contribution in [0.15, 0.2) is 207 Å². The second kappa shape index (κ2) is 42.8. The Labute approximate surface area is 826 Å². The molecule has 10 heterocycles. The molecular weight excluding hydrogens is 1960 g/mol. The number of carboxylic acids is 1. The number of carboxylic acid groups (broad SMARTS) is 1. The SMILES string of the molecule is COC(=O)c1ccc2c(N=O)c(O)n(Cc3cc(C)cc4c3OCOC4)c2c1.COCC(=O)Nc1ccc2c(N=O)c(O)n(Cc3cc(F)cc4c3OCOC4)c2c1.Cc1cc2c(c(Cn3c(O)c(N=O)c4ccc(C(=O)O)cc43)c1)OCOC2.N#Cc1cccc2c1c(N=O)c(O)n2Cc1cc(F)cc2c1OCOC2.O=Nc1c(O)n(Cc2cc(F)cc3c2OCOC3)c2cc(NS(=O)(=O)c3ccc(Cl)cc3)ccc12. The molecule has 0 unspecified atom stereocenters. The van der Waals surface area contributed by atoms with Crippen molar-refractivity contribution in [1.29, 1.82) is 5.26 Å². The van der Waals surface area contributed by atoms with E-state index in [0.29, 0.717) is 141 Å². The molecule has 146 heavy (non-hydrogen) atoms. The number of carbonyl (C=O) groups is 3. The van der Waals surface area contributed by atoms with Crippen molar-refractivity contribution in [3.8, 4) is 64.2 Å². The van der Waals surface area contributed by atoms with E-state index in [9.17, 15) is 96.4 Å². The highest BCUT2D eigenvalue weighted by molar-refractivity contribution is 7.92. The van der Waals surface area contributed by atoms with Gasteiger partial charge in [0.1, 0.15) is 52.8 Å². The number of sulfonamides is 1. The van der Waals surface area contributed by atoms with Crippen molar-refractivity contribution < 1.29 is 123 Å². The average molecular weight is 2040 g/mol. The van der Waals surface area contributed by atoms with Gasteiger partial charge in [-0.2, -0.15) is 5.26 Å². The van der Waals surface area contributed by atoms with Crippen LogP contribution in [0, 0.1) is 67.2 Å². The topological polar surface area (TPSA) is 537 Å². The van der Waals surface area contributed by atoms with Crippen molar-refractivity contribution in [1.82, 2.24) is 22.8 Å². The summed E-state index contributed by atoms with van der Waals surface area (Å²) in [4.78, 5) is 91.6. The van der Waals surface area contributed by atoms with Crippen LogP contribution in [-0.2, 0) is 114 Å². The summed E-state index contributed by atoms with van der Waals surface area (Å²) in [6.45, 7) is 5.94. The van der Waals surface area contributed by atoms with Gasteiger partial charge in [-0.3, -0.25) is 9.52 Å². The molecule has 11 aromatic carbocycles. The molecule has 0 bridgehead atoms. The van der Waals surface area contributed by atoms with Gasteiger partial charge in [0, 0.05) is 95.0 Å². The zero-order valence-electron chi connectivity index (χ0n) is 77.1. The van der Waals surface area contributed by atoms with Gasteiger partial charge in [0.2, 0.25) is 35.3 Å². The quantitative estimate of drug-likeness (QED) is 0.0218. The highest BCUT2D eigenvalue weighted by atomic mass is 35.5. The highest BCUT2D eigenvalue weighted by Crippen LogP contribution is 2.49. The van der Waals surface area contributed by atoms with Crippen LogP contribution in [0.2, 0.25) is 5.02 Å². The number of aromatic hydroxyl groups is 5. The molecule has 21 rings (SSSR count). The van der Waals surface area contributed by atoms with Gasteiger partial charge in [-0.15, -0.1) is 24.5 Å². The Balaban J connectivity index is 0.000000125. The van der Waals surface area contributed by atoms with Gasteiger partial charge in [-0.1, -0.05) is 53.1 Å². The third-order valence-corrected chi connectivity index (χ3v) is 25.7. The number of nitrogens with zero attached hydrogens (tertiary/aromatic N) is 11. The Morgan fingerprint density at radius 3 is 1.15 bits per heavy atom. The molecule has 0 atom stereocenters. The van der Waals surface area contributed by atoms with Gasteiger partial charge in [0.25, 0.3) is 10.0 Å². The smallest absolute Gasteiger partial charge is 0.337 e. The molecule has 0 saturated heterocycles. The summed E-state index contributed by atoms with van der Waals surface area (Å²) >= 11 is 5.84. The number of esters is 1. The summed E-state index contributed by atoms with van der Waals surface area (Å²) in [7, 11) is -1.25. The molecule has 8 N–H and O–H groups in total. The molecule has 5 aliphatic rings. The first-order valence-corrected chi connectivity index (χ1v) is 45.7. The Bertz CT molecular complexity index is 8160. The molecule has 16 aromatic rings. The van der Waals surface area contributed by atoms with Crippen molar-refractivity contribution >= 4 is 134 Å². The number of rotatable bonds is 23. The summed E-state index contributed by atoms with van der Waals surface area (Å²) in [5.41, 5.74) is 10.9. The highest BCUT2D eigenvalue weighted by Gasteiger charge is 2.32. The molecule has 41 nitrogen and oxygen atoms in total. The van der Waals surface area contributed by atoms with Crippen LogP contribution in [0.5, 0.6) is 58.1 Å². The van der Waals surface area contributed by atoms with Crippen molar-refractivity contribution in [3.63, 3.8) is 0 Å². The Morgan fingerprint density at radius 2 is 0.774 bits per heavy atom. The molecule has 5 aromatic heterocycles. The number of nitrogens with one attached hydrogen (secondary N) is 2. The van der Waals surface area contributed by atoms with E-state index in [1.165, 1.54) is 146 Å². The van der Waals surface area contributed by atoms with Gasteiger partial charge in [0.15, 0.2) is 62.4 Å². The van der Waals surface area contributed by atoms with Crippen LogP contribution >= 0.6 is 11.6 Å². The lowest BCUT2D eigenvalue weighted by Crippen LogP contribution is -2.17.